The van der Waals surface area contributed by atoms with E-state index in [1.165, 1.54) is 16.4 Å². The maximum atomic E-state index is 12.9. The van der Waals surface area contributed by atoms with Gasteiger partial charge in [0.25, 0.3) is 0 Å². The number of nitrogens with zero attached hydrogens (tertiary/aromatic N) is 2. The summed E-state index contributed by atoms with van der Waals surface area (Å²) in [5, 5.41) is 6.34. The lowest BCUT2D eigenvalue weighted by Crippen LogP contribution is -2.39. The summed E-state index contributed by atoms with van der Waals surface area (Å²) in [4.78, 5) is 4.42. The molecule has 0 bridgehead atoms. The summed E-state index contributed by atoms with van der Waals surface area (Å²) in [6, 6.07) is 6.43. The number of halogens is 2. The van der Waals surface area contributed by atoms with Crippen LogP contribution in [-0.2, 0) is 16.4 Å². The van der Waals surface area contributed by atoms with Crippen LogP contribution in [0.5, 0.6) is 0 Å². The largest absolute Gasteiger partial charge is 0.357 e. The lowest BCUT2D eigenvalue weighted by molar-refractivity contribution is 0.452. The van der Waals surface area contributed by atoms with Crippen LogP contribution in [0.1, 0.15) is 18.9 Å². The van der Waals surface area contributed by atoms with Crippen LogP contribution >= 0.6 is 24.0 Å². The number of nitrogens with one attached hydrogen (secondary N) is 2. The van der Waals surface area contributed by atoms with E-state index in [1.807, 2.05) is 6.92 Å². The maximum Gasteiger partial charge on any atom is 0.214 e. The molecule has 9 heteroatoms. The van der Waals surface area contributed by atoms with E-state index in [4.69, 9.17) is 0 Å². The Morgan fingerprint density at radius 1 is 1.28 bits per heavy atom. The summed E-state index contributed by atoms with van der Waals surface area (Å²) in [6.45, 7) is 4.79. The molecule has 0 saturated carbocycles. The molecule has 0 aliphatic carbocycles. The molecule has 2 rings (SSSR count). The third kappa shape index (κ3) is 7.45. The monoisotopic (exact) mass is 484 g/mol. The minimum Gasteiger partial charge on any atom is -0.357 e. The first-order valence-electron chi connectivity index (χ1n) is 8.25. The molecule has 2 N–H and O–H groups in total. The molecule has 0 aromatic heterocycles. The van der Waals surface area contributed by atoms with Gasteiger partial charge in [-0.15, -0.1) is 24.0 Å². The molecule has 0 unspecified atom stereocenters. The molecule has 1 aliphatic heterocycles. The summed E-state index contributed by atoms with van der Waals surface area (Å²) < 4.78 is 37.8. The average molecular weight is 484 g/mol. The summed E-state index contributed by atoms with van der Waals surface area (Å²) in [6.07, 6.45) is 1.45. The second-order valence-corrected chi connectivity index (χ2v) is 7.72. The first-order chi connectivity index (χ1) is 11.5. The van der Waals surface area contributed by atoms with Crippen molar-refractivity contribution in [1.29, 1.82) is 0 Å². The second kappa shape index (κ2) is 10.9. The molecule has 1 aromatic carbocycles. The van der Waals surface area contributed by atoms with Crippen molar-refractivity contribution in [3.8, 4) is 0 Å². The number of hydrogen-bond donors (Lipinski definition) is 2. The normalized spacial score (nSPS) is 17.1. The number of aliphatic imine (C=N–C) groups is 1. The van der Waals surface area contributed by atoms with Gasteiger partial charge in [0.05, 0.1) is 12.3 Å². The Morgan fingerprint density at radius 3 is 2.60 bits per heavy atom. The number of hydrogen-bond acceptors (Lipinski definition) is 3. The fourth-order valence-corrected chi connectivity index (χ4v) is 4.05. The first-order valence-corrected chi connectivity index (χ1v) is 9.86. The summed E-state index contributed by atoms with van der Waals surface area (Å²) in [5.74, 6) is 0.668. The van der Waals surface area contributed by atoms with Gasteiger partial charge in [-0.3, -0.25) is 4.99 Å². The molecular weight excluding hydrogens is 458 g/mol. The Balaban J connectivity index is 0.00000312. The van der Waals surface area contributed by atoms with Gasteiger partial charge in [0.2, 0.25) is 10.0 Å². The Labute approximate surface area is 166 Å². The summed E-state index contributed by atoms with van der Waals surface area (Å²) in [5.41, 5.74) is 1.04. The molecule has 1 aliphatic rings. The quantitative estimate of drug-likeness (QED) is 0.350. The average Bonchev–Trinajstić information content (AvgIpc) is 2.88. The van der Waals surface area contributed by atoms with E-state index in [0.29, 0.717) is 38.6 Å². The van der Waals surface area contributed by atoms with Crippen molar-refractivity contribution in [1.82, 2.24) is 14.9 Å². The van der Waals surface area contributed by atoms with Crippen molar-refractivity contribution in [3.63, 3.8) is 0 Å². The minimum atomic E-state index is -3.06. The fraction of sp³-hybridized carbons (Fsp3) is 0.562. The fourth-order valence-electron chi connectivity index (χ4n) is 2.53. The van der Waals surface area contributed by atoms with Crippen molar-refractivity contribution in [3.05, 3.63) is 35.6 Å². The van der Waals surface area contributed by atoms with Gasteiger partial charge in [-0.2, -0.15) is 0 Å². The SMILES string of the molecule is CCNC(=NCCN1CCCS1(=O)=O)NCCc1ccc(F)cc1.I. The van der Waals surface area contributed by atoms with E-state index in [1.54, 1.807) is 12.1 Å². The van der Waals surface area contributed by atoms with E-state index in [2.05, 4.69) is 15.6 Å². The van der Waals surface area contributed by atoms with Crippen molar-refractivity contribution in [2.45, 2.75) is 19.8 Å². The predicted molar refractivity (Wildman–Crippen MR) is 109 cm³/mol. The zero-order valence-electron chi connectivity index (χ0n) is 14.4. The van der Waals surface area contributed by atoms with Crippen LogP contribution in [0.3, 0.4) is 0 Å². The van der Waals surface area contributed by atoms with Gasteiger partial charge >= 0.3 is 0 Å². The first kappa shape index (κ1) is 22.1. The smallest absolute Gasteiger partial charge is 0.214 e. The Kier molecular flexibility index (Phi) is 9.65. The Hall–Kier alpha value is -0.940. The van der Waals surface area contributed by atoms with Gasteiger partial charge in [0, 0.05) is 26.2 Å². The Morgan fingerprint density at radius 2 is 2.00 bits per heavy atom. The van der Waals surface area contributed by atoms with Crippen molar-refractivity contribution in [2.24, 2.45) is 4.99 Å². The zero-order chi connectivity index (χ0) is 17.4. The van der Waals surface area contributed by atoms with Crippen LogP contribution in [0.15, 0.2) is 29.3 Å². The molecule has 0 atom stereocenters. The van der Waals surface area contributed by atoms with Crippen LogP contribution in [0.2, 0.25) is 0 Å². The van der Waals surface area contributed by atoms with Gasteiger partial charge in [-0.1, -0.05) is 12.1 Å². The predicted octanol–water partition coefficient (Wildman–Crippen LogP) is 1.58. The highest BCUT2D eigenvalue weighted by Gasteiger charge is 2.27. The number of sulfonamides is 1. The molecule has 25 heavy (non-hydrogen) atoms. The van der Waals surface area contributed by atoms with Crippen molar-refractivity contribution < 1.29 is 12.8 Å². The van der Waals surface area contributed by atoms with Crippen LogP contribution in [0.4, 0.5) is 4.39 Å². The highest BCUT2D eigenvalue weighted by Crippen LogP contribution is 2.12. The number of benzene rings is 1. The van der Waals surface area contributed by atoms with Crippen molar-refractivity contribution >= 4 is 40.0 Å². The van der Waals surface area contributed by atoms with Gasteiger partial charge in [-0.25, -0.2) is 17.1 Å². The molecule has 1 heterocycles. The summed E-state index contributed by atoms with van der Waals surface area (Å²) in [7, 11) is -3.06. The topological polar surface area (TPSA) is 73.8 Å². The van der Waals surface area contributed by atoms with Gasteiger partial charge < -0.3 is 10.6 Å². The van der Waals surface area contributed by atoms with Crippen LogP contribution < -0.4 is 10.6 Å². The van der Waals surface area contributed by atoms with Gasteiger partial charge in [-0.05, 0) is 37.5 Å². The third-order valence-electron chi connectivity index (χ3n) is 3.79. The van der Waals surface area contributed by atoms with Gasteiger partial charge in [0.1, 0.15) is 5.82 Å². The third-order valence-corrected chi connectivity index (χ3v) is 5.74. The molecule has 1 fully saturated rings. The highest BCUT2D eigenvalue weighted by atomic mass is 127. The molecule has 6 nitrogen and oxygen atoms in total. The van der Waals surface area contributed by atoms with Crippen LogP contribution in [0.25, 0.3) is 0 Å². The van der Waals surface area contributed by atoms with Gasteiger partial charge in [0.15, 0.2) is 5.96 Å². The zero-order valence-corrected chi connectivity index (χ0v) is 17.5. The molecule has 0 amide bonds. The highest BCUT2D eigenvalue weighted by molar-refractivity contribution is 14.0. The molecule has 0 radical (unpaired) electrons. The van der Waals surface area contributed by atoms with Crippen LogP contribution in [0, 0.1) is 5.82 Å². The molecular formula is C16H26FIN4O2S. The summed E-state index contributed by atoms with van der Waals surface area (Å²) >= 11 is 0. The van der Waals surface area contributed by atoms with E-state index >= 15 is 0 Å². The molecule has 1 saturated heterocycles. The lowest BCUT2D eigenvalue weighted by Gasteiger charge is -2.14. The number of rotatable bonds is 7. The van der Waals surface area contributed by atoms with E-state index in [-0.39, 0.29) is 35.5 Å². The standard InChI is InChI=1S/C16H25FN4O2S.HI/c1-2-18-16(19-9-8-14-4-6-15(17)7-5-14)20-10-12-21-11-3-13-24(21,22)23;/h4-7H,2-3,8-13H2,1H3,(H2,18,19,20);1H. The van der Waals surface area contributed by atoms with E-state index < -0.39 is 10.0 Å². The van der Waals surface area contributed by atoms with E-state index in [9.17, 15) is 12.8 Å². The van der Waals surface area contributed by atoms with Crippen molar-refractivity contribution in [2.75, 3.05) is 38.5 Å². The molecule has 1 aromatic rings. The maximum absolute atomic E-state index is 12.9. The molecule has 142 valence electrons. The van der Waals surface area contributed by atoms with E-state index in [0.717, 1.165) is 18.5 Å². The van der Waals surface area contributed by atoms with Crippen LogP contribution in [-0.4, -0.2) is 57.2 Å². The number of guanidine groups is 1. The Bertz CT molecular complexity index is 653. The molecule has 0 spiro atoms. The minimum absolute atomic E-state index is 0. The lowest BCUT2D eigenvalue weighted by atomic mass is 10.1. The second-order valence-electron chi connectivity index (χ2n) is 5.63.